The molecule has 3 aromatic carbocycles. The summed E-state index contributed by atoms with van der Waals surface area (Å²) in [5.41, 5.74) is 1.90. The Morgan fingerprint density at radius 1 is 0.794 bits per heavy atom. The van der Waals surface area contributed by atoms with Crippen LogP contribution in [0.3, 0.4) is 0 Å². The number of fused-ring (bicyclic) bond motifs is 2. The number of rotatable bonds is 8. The third kappa shape index (κ3) is 4.57. The molecule has 2 aliphatic heterocycles. The fraction of sp³-hybridized carbons (Fsp3) is 0.379. The Balaban J connectivity index is 1.54. The second-order valence-corrected chi connectivity index (χ2v) is 11.8. The molecule has 2 saturated heterocycles. The van der Waals surface area contributed by atoms with E-state index < -0.39 is 15.4 Å². The zero-order valence-corrected chi connectivity index (χ0v) is 20.6. The lowest BCUT2D eigenvalue weighted by Crippen LogP contribution is -2.46. The molecule has 0 amide bonds. The van der Waals surface area contributed by atoms with E-state index in [1.807, 2.05) is 18.2 Å². The lowest BCUT2D eigenvalue weighted by atomic mass is 9.67. The van der Waals surface area contributed by atoms with Gasteiger partial charge in [0.2, 0.25) is 10.0 Å². The highest BCUT2D eigenvalue weighted by molar-refractivity contribution is 7.89. The standard InChI is InChI=1S/C29H34N2O2S/c1-31-26-17-18-27(31)20-23(19-26)21-29(24-11-5-2-6-12-24,25-13-7-3-8-14-25)22-30-34(32,33)28-15-9-4-10-16-28/h2-16,23,26-27,30H,17-22H2,1H3/t23-,26+,27-. The summed E-state index contributed by atoms with van der Waals surface area (Å²) in [5, 5.41) is 0. The van der Waals surface area contributed by atoms with Gasteiger partial charge in [-0.2, -0.15) is 0 Å². The molecular weight excluding hydrogens is 440 g/mol. The van der Waals surface area contributed by atoms with Gasteiger partial charge in [0, 0.05) is 24.0 Å². The van der Waals surface area contributed by atoms with Gasteiger partial charge in [0.05, 0.1) is 4.90 Å². The highest BCUT2D eigenvalue weighted by Crippen LogP contribution is 2.45. The molecular formula is C29H34N2O2S. The number of benzene rings is 3. The molecule has 2 aliphatic rings. The van der Waals surface area contributed by atoms with E-state index in [2.05, 4.69) is 65.2 Å². The summed E-state index contributed by atoms with van der Waals surface area (Å²) in [6.45, 7) is 0.333. The fourth-order valence-corrected chi connectivity index (χ4v) is 7.40. The Hall–Kier alpha value is -2.47. The highest BCUT2D eigenvalue weighted by atomic mass is 32.2. The maximum absolute atomic E-state index is 13.3. The Kier molecular flexibility index (Phi) is 6.61. The van der Waals surface area contributed by atoms with Gasteiger partial charge >= 0.3 is 0 Å². The normalized spacial score (nSPS) is 23.1. The van der Waals surface area contributed by atoms with Crippen LogP contribution in [-0.2, 0) is 15.4 Å². The average molecular weight is 475 g/mol. The van der Waals surface area contributed by atoms with Crippen LogP contribution in [0.25, 0.3) is 0 Å². The van der Waals surface area contributed by atoms with Crippen molar-refractivity contribution in [3.8, 4) is 0 Å². The average Bonchev–Trinajstić information content (AvgIpc) is 3.08. The van der Waals surface area contributed by atoms with Crippen molar-refractivity contribution in [1.82, 2.24) is 9.62 Å². The molecule has 3 atom stereocenters. The second kappa shape index (κ2) is 9.65. The first-order chi connectivity index (χ1) is 16.5. The van der Waals surface area contributed by atoms with Gasteiger partial charge in [-0.3, -0.25) is 0 Å². The quantitative estimate of drug-likeness (QED) is 0.487. The molecule has 2 heterocycles. The van der Waals surface area contributed by atoms with Crippen molar-refractivity contribution >= 4 is 10.0 Å². The maximum atomic E-state index is 13.3. The van der Waals surface area contributed by atoms with E-state index in [0.717, 1.165) is 6.42 Å². The van der Waals surface area contributed by atoms with Crippen LogP contribution in [-0.4, -0.2) is 39.0 Å². The minimum atomic E-state index is -3.63. The van der Waals surface area contributed by atoms with E-state index in [4.69, 9.17) is 0 Å². The zero-order chi connectivity index (χ0) is 23.6. The largest absolute Gasteiger partial charge is 0.300 e. The molecule has 4 nitrogen and oxygen atoms in total. The van der Waals surface area contributed by atoms with Crippen LogP contribution >= 0.6 is 0 Å². The summed E-state index contributed by atoms with van der Waals surface area (Å²) in [6.07, 6.45) is 5.85. The summed E-state index contributed by atoms with van der Waals surface area (Å²) in [6, 6.07) is 31.0. The van der Waals surface area contributed by atoms with E-state index in [0.29, 0.717) is 29.4 Å². The monoisotopic (exact) mass is 474 g/mol. The first-order valence-corrected chi connectivity index (χ1v) is 13.8. The van der Waals surface area contributed by atoms with Crippen LogP contribution in [0.15, 0.2) is 95.9 Å². The maximum Gasteiger partial charge on any atom is 0.240 e. The Bertz CT molecular complexity index is 1130. The molecule has 0 spiro atoms. The Morgan fingerprint density at radius 3 is 1.76 bits per heavy atom. The van der Waals surface area contributed by atoms with Crippen molar-refractivity contribution in [2.75, 3.05) is 13.6 Å². The molecule has 5 rings (SSSR count). The number of sulfonamides is 1. The third-order valence-electron chi connectivity index (χ3n) is 8.10. The summed E-state index contributed by atoms with van der Waals surface area (Å²) >= 11 is 0. The molecule has 5 heteroatoms. The number of piperidine rings is 1. The minimum Gasteiger partial charge on any atom is -0.300 e. The van der Waals surface area contributed by atoms with Crippen molar-refractivity contribution < 1.29 is 8.42 Å². The SMILES string of the molecule is CN1[C@@H]2CC[C@H]1C[C@@H](CC(CNS(=O)(=O)c1ccccc1)(c1ccccc1)c1ccccc1)C2. The van der Waals surface area contributed by atoms with Crippen molar-refractivity contribution in [3.05, 3.63) is 102 Å². The Labute approximate surface area is 204 Å². The van der Waals surface area contributed by atoms with Crippen molar-refractivity contribution in [3.63, 3.8) is 0 Å². The minimum absolute atomic E-state index is 0.308. The van der Waals surface area contributed by atoms with Crippen molar-refractivity contribution in [1.29, 1.82) is 0 Å². The molecule has 3 aromatic rings. The van der Waals surface area contributed by atoms with Gasteiger partial charge in [0.1, 0.15) is 0 Å². The molecule has 178 valence electrons. The number of nitrogens with one attached hydrogen (secondary N) is 1. The highest BCUT2D eigenvalue weighted by Gasteiger charge is 2.43. The topological polar surface area (TPSA) is 49.4 Å². The van der Waals surface area contributed by atoms with Crippen LogP contribution in [0.1, 0.15) is 43.2 Å². The number of nitrogens with zero attached hydrogens (tertiary/aromatic N) is 1. The molecule has 0 radical (unpaired) electrons. The van der Waals surface area contributed by atoms with E-state index in [-0.39, 0.29) is 0 Å². The summed E-state index contributed by atoms with van der Waals surface area (Å²) in [5.74, 6) is 0.551. The predicted octanol–water partition coefficient (Wildman–Crippen LogP) is 5.21. The lowest BCUT2D eigenvalue weighted by Gasteiger charge is -2.43. The van der Waals surface area contributed by atoms with E-state index in [1.165, 1.54) is 36.8 Å². The molecule has 1 N–H and O–H groups in total. The molecule has 2 bridgehead atoms. The molecule has 0 aliphatic carbocycles. The van der Waals surface area contributed by atoms with Crippen LogP contribution in [0.5, 0.6) is 0 Å². The van der Waals surface area contributed by atoms with Gasteiger partial charge < -0.3 is 4.90 Å². The van der Waals surface area contributed by atoms with Crippen LogP contribution in [0, 0.1) is 5.92 Å². The first-order valence-electron chi connectivity index (χ1n) is 12.4. The van der Waals surface area contributed by atoms with Gasteiger partial charge in [-0.1, -0.05) is 78.9 Å². The van der Waals surface area contributed by atoms with Crippen molar-refractivity contribution in [2.45, 2.75) is 54.5 Å². The van der Waals surface area contributed by atoms with E-state index in [1.54, 1.807) is 24.3 Å². The van der Waals surface area contributed by atoms with E-state index >= 15 is 0 Å². The Morgan fingerprint density at radius 2 is 1.26 bits per heavy atom. The van der Waals surface area contributed by atoms with Gasteiger partial charge in [0.15, 0.2) is 0 Å². The van der Waals surface area contributed by atoms with Gasteiger partial charge in [0.25, 0.3) is 0 Å². The molecule has 2 fully saturated rings. The lowest BCUT2D eigenvalue weighted by molar-refractivity contribution is 0.119. The fourth-order valence-electron chi connectivity index (χ4n) is 6.28. The summed E-state index contributed by atoms with van der Waals surface area (Å²) in [7, 11) is -1.35. The van der Waals surface area contributed by atoms with Gasteiger partial charge in [-0.05, 0) is 68.3 Å². The predicted molar refractivity (Wildman–Crippen MR) is 137 cm³/mol. The zero-order valence-electron chi connectivity index (χ0n) is 19.8. The molecule has 34 heavy (non-hydrogen) atoms. The number of hydrogen-bond donors (Lipinski definition) is 1. The molecule has 0 unspecified atom stereocenters. The smallest absolute Gasteiger partial charge is 0.240 e. The van der Waals surface area contributed by atoms with Gasteiger partial charge in [-0.25, -0.2) is 13.1 Å². The van der Waals surface area contributed by atoms with E-state index in [9.17, 15) is 8.42 Å². The van der Waals surface area contributed by atoms with Gasteiger partial charge in [-0.15, -0.1) is 0 Å². The molecule has 0 saturated carbocycles. The first kappa shape index (κ1) is 23.3. The van der Waals surface area contributed by atoms with Crippen molar-refractivity contribution in [2.24, 2.45) is 5.92 Å². The van der Waals surface area contributed by atoms with Crippen LogP contribution in [0.2, 0.25) is 0 Å². The summed E-state index contributed by atoms with van der Waals surface area (Å²) in [4.78, 5) is 2.88. The van der Waals surface area contributed by atoms with Crippen LogP contribution < -0.4 is 4.72 Å². The second-order valence-electron chi connectivity index (χ2n) is 10.0. The number of hydrogen-bond acceptors (Lipinski definition) is 3. The molecule has 0 aromatic heterocycles. The summed E-state index contributed by atoms with van der Waals surface area (Å²) < 4.78 is 29.6. The third-order valence-corrected chi connectivity index (χ3v) is 9.52. The van der Waals surface area contributed by atoms with Crippen LogP contribution in [0.4, 0.5) is 0 Å².